The van der Waals surface area contributed by atoms with Crippen LogP contribution < -0.4 is 5.32 Å². The molecule has 19 heavy (non-hydrogen) atoms. The molecule has 1 unspecified atom stereocenters. The van der Waals surface area contributed by atoms with Crippen LogP contribution in [0.15, 0.2) is 24.3 Å². The van der Waals surface area contributed by atoms with Gasteiger partial charge in [0.05, 0.1) is 0 Å². The van der Waals surface area contributed by atoms with Crippen LogP contribution in [0.5, 0.6) is 0 Å². The van der Waals surface area contributed by atoms with Gasteiger partial charge in [-0.1, -0.05) is 56.0 Å². The molecule has 0 bridgehead atoms. The molecule has 0 aromatic heterocycles. The van der Waals surface area contributed by atoms with Gasteiger partial charge in [0.15, 0.2) is 0 Å². The van der Waals surface area contributed by atoms with Crippen LogP contribution >= 0.6 is 11.6 Å². The molecule has 2 rings (SSSR count). The van der Waals surface area contributed by atoms with E-state index >= 15 is 0 Å². The zero-order valence-corrected chi connectivity index (χ0v) is 12.8. The fourth-order valence-electron chi connectivity index (χ4n) is 2.56. The second kappa shape index (κ2) is 7.91. The number of nitrogens with one attached hydrogen (secondary N) is 1. The normalized spacial score (nSPS) is 16.5. The number of rotatable bonds is 9. The van der Waals surface area contributed by atoms with Gasteiger partial charge in [0.1, 0.15) is 0 Å². The largest absolute Gasteiger partial charge is 0.314 e. The summed E-state index contributed by atoms with van der Waals surface area (Å²) in [5, 5.41) is 4.61. The first-order valence-electron chi connectivity index (χ1n) is 7.76. The Balaban J connectivity index is 1.85. The lowest BCUT2D eigenvalue weighted by Crippen LogP contribution is -2.26. The van der Waals surface area contributed by atoms with Gasteiger partial charge in [0.2, 0.25) is 0 Å². The Hall–Kier alpha value is -0.530. The third kappa shape index (κ3) is 5.54. The quantitative estimate of drug-likeness (QED) is 0.639. The van der Waals surface area contributed by atoms with Gasteiger partial charge in [-0.3, -0.25) is 0 Å². The Labute approximate surface area is 122 Å². The van der Waals surface area contributed by atoms with Gasteiger partial charge in [0.25, 0.3) is 0 Å². The van der Waals surface area contributed by atoms with E-state index in [-0.39, 0.29) is 0 Å². The van der Waals surface area contributed by atoms with Gasteiger partial charge < -0.3 is 5.32 Å². The summed E-state index contributed by atoms with van der Waals surface area (Å²) in [7, 11) is 0. The molecule has 1 fully saturated rings. The molecular weight excluding hydrogens is 254 g/mol. The fourth-order valence-corrected chi connectivity index (χ4v) is 2.77. The van der Waals surface area contributed by atoms with E-state index in [0.717, 1.165) is 29.9 Å². The van der Waals surface area contributed by atoms with Crippen molar-refractivity contribution in [2.45, 2.75) is 57.9 Å². The average molecular weight is 280 g/mol. The maximum atomic E-state index is 6.28. The molecule has 0 heterocycles. The molecule has 1 N–H and O–H groups in total. The molecule has 0 radical (unpaired) electrons. The van der Waals surface area contributed by atoms with E-state index in [1.54, 1.807) is 0 Å². The number of benzene rings is 1. The van der Waals surface area contributed by atoms with Crippen LogP contribution in [0.3, 0.4) is 0 Å². The van der Waals surface area contributed by atoms with E-state index < -0.39 is 0 Å². The minimum atomic E-state index is 0.729. The van der Waals surface area contributed by atoms with E-state index in [9.17, 15) is 0 Å². The highest BCUT2D eigenvalue weighted by Crippen LogP contribution is 2.24. The molecule has 1 nitrogen and oxygen atoms in total. The third-order valence-corrected chi connectivity index (χ3v) is 4.32. The standard InChI is InChI=1S/C17H26ClN/c1-2-3-4-7-14(13-19-16-10-11-16)12-15-8-5-6-9-17(15)18/h5-6,8-9,14,16,19H,2-4,7,10-13H2,1H3. The van der Waals surface area contributed by atoms with Crippen molar-refractivity contribution in [3.63, 3.8) is 0 Å². The van der Waals surface area contributed by atoms with Crippen LogP contribution in [0.4, 0.5) is 0 Å². The highest BCUT2D eigenvalue weighted by atomic mass is 35.5. The van der Waals surface area contributed by atoms with Gasteiger partial charge in [-0.2, -0.15) is 0 Å². The summed E-state index contributed by atoms with van der Waals surface area (Å²) in [6.07, 6.45) is 9.17. The number of hydrogen-bond donors (Lipinski definition) is 1. The molecule has 1 aromatic rings. The van der Waals surface area contributed by atoms with Gasteiger partial charge in [-0.05, 0) is 49.8 Å². The summed E-state index contributed by atoms with van der Waals surface area (Å²) in [6.45, 7) is 3.42. The minimum Gasteiger partial charge on any atom is -0.314 e. The zero-order valence-electron chi connectivity index (χ0n) is 12.0. The van der Waals surface area contributed by atoms with Crippen molar-refractivity contribution in [3.05, 3.63) is 34.9 Å². The van der Waals surface area contributed by atoms with Crippen molar-refractivity contribution in [2.75, 3.05) is 6.54 Å². The number of unbranched alkanes of at least 4 members (excludes halogenated alkanes) is 2. The smallest absolute Gasteiger partial charge is 0.0438 e. The Morgan fingerprint density at radius 3 is 2.74 bits per heavy atom. The lowest BCUT2D eigenvalue weighted by molar-refractivity contribution is 0.422. The van der Waals surface area contributed by atoms with Crippen molar-refractivity contribution < 1.29 is 0 Å². The Morgan fingerprint density at radius 2 is 2.05 bits per heavy atom. The molecule has 106 valence electrons. The Kier molecular flexibility index (Phi) is 6.19. The average Bonchev–Trinajstić information content (AvgIpc) is 3.22. The second-order valence-electron chi connectivity index (χ2n) is 5.84. The summed E-state index contributed by atoms with van der Waals surface area (Å²) >= 11 is 6.28. The first-order chi connectivity index (χ1) is 9.29. The summed E-state index contributed by atoms with van der Waals surface area (Å²) in [6, 6.07) is 9.10. The first-order valence-corrected chi connectivity index (χ1v) is 8.14. The van der Waals surface area contributed by atoms with E-state index in [2.05, 4.69) is 24.4 Å². The van der Waals surface area contributed by atoms with Gasteiger partial charge in [-0.25, -0.2) is 0 Å². The van der Waals surface area contributed by atoms with Crippen LogP contribution in [0.1, 0.15) is 51.0 Å². The molecule has 1 aliphatic carbocycles. The summed E-state index contributed by atoms with van der Waals surface area (Å²) in [5.74, 6) is 0.729. The lowest BCUT2D eigenvalue weighted by atomic mass is 9.93. The Morgan fingerprint density at radius 1 is 1.26 bits per heavy atom. The van der Waals surface area contributed by atoms with E-state index in [0.29, 0.717) is 0 Å². The van der Waals surface area contributed by atoms with Gasteiger partial charge >= 0.3 is 0 Å². The van der Waals surface area contributed by atoms with Crippen molar-refractivity contribution in [3.8, 4) is 0 Å². The summed E-state index contributed by atoms with van der Waals surface area (Å²) in [4.78, 5) is 0. The summed E-state index contributed by atoms with van der Waals surface area (Å²) in [5.41, 5.74) is 1.31. The highest BCUT2D eigenvalue weighted by Gasteiger charge is 2.22. The molecule has 1 atom stereocenters. The monoisotopic (exact) mass is 279 g/mol. The predicted octanol–water partition coefficient (Wildman–Crippen LogP) is 4.83. The first kappa shape index (κ1) is 14.9. The van der Waals surface area contributed by atoms with Gasteiger partial charge in [-0.15, -0.1) is 0 Å². The van der Waals surface area contributed by atoms with Crippen molar-refractivity contribution in [1.29, 1.82) is 0 Å². The maximum Gasteiger partial charge on any atom is 0.0438 e. The number of hydrogen-bond acceptors (Lipinski definition) is 1. The zero-order chi connectivity index (χ0) is 13.5. The van der Waals surface area contributed by atoms with Crippen LogP contribution in [-0.2, 0) is 6.42 Å². The minimum absolute atomic E-state index is 0.729. The van der Waals surface area contributed by atoms with Crippen LogP contribution in [0.2, 0.25) is 5.02 Å². The van der Waals surface area contributed by atoms with Crippen LogP contribution in [-0.4, -0.2) is 12.6 Å². The Bertz CT molecular complexity index is 373. The topological polar surface area (TPSA) is 12.0 Å². The number of halogens is 1. The van der Waals surface area contributed by atoms with Crippen molar-refractivity contribution in [1.82, 2.24) is 5.32 Å². The molecule has 0 saturated heterocycles. The molecule has 2 heteroatoms. The van der Waals surface area contributed by atoms with E-state index in [1.807, 2.05) is 12.1 Å². The molecule has 1 aliphatic rings. The third-order valence-electron chi connectivity index (χ3n) is 3.95. The molecule has 0 aliphatic heterocycles. The van der Waals surface area contributed by atoms with Crippen molar-refractivity contribution in [2.24, 2.45) is 5.92 Å². The molecule has 1 aromatic carbocycles. The van der Waals surface area contributed by atoms with Crippen LogP contribution in [0, 0.1) is 5.92 Å². The molecule has 1 saturated carbocycles. The SMILES string of the molecule is CCCCCC(CNC1CC1)Cc1ccccc1Cl. The van der Waals surface area contributed by atoms with E-state index in [1.165, 1.54) is 44.1 Å². The lowest BCUT2D eigenvalue weighted by Gasteiger charge is -2.18. The van der Waals surface area contributed by atoms with Crippen LogP contribution in [0.25, 0.3) is 0 Å². The van der Waals surface area contributed by atoms with Gasteiger partial charge in [0, 0.05) is 11.1 Å². The summed E-state index contributed by atoms with van der Waals surface area (Å²) < 4.78 is 0. The highest BCUT2D eigenvalue weighted by molar-refractivity contribution is 6.31. The maximum absolute atomic E-state index is 6.28. The van der Waals surface area contributed by atoms with E-state index in [4.69, 9.17) is 11.6 Å². The predicted molar refractivity (Wildman–Crippen MR) is 83.8 cm³/mol. The molecule has 0 amide bonds. The molecule has 0 spiro atoms. The molecular formula is C17H26ClN. The van der Waals surface area contributed by atoms with Crippen molar-refractivity contribution >= 4 is 11.6 Å². The fraction of sp³-hybridized carbons (Fsp3) is 0.647. The second-order valence-corrected chi connectivity index (χ2v) is 6.25.